The van der Waals surface area contributed by atoms with Gasteiger partial charge in [0.05, 0.1) is 12.0 Å². The first kappa shape index (κ1) is 13.1. The highest BCUT2D eigenvalue weighted by atomic mass is 32.2. The second kappa shape index (κ2) is 5.54. The van der Waals surface area contributed by atoms with Gasteiger partial charge in [0.1, 0.15) is 0 Å². The van der Waals surface area contributed by atoms with Crippen LogP contribution in [0.2, 0.25) is 0 Å². The van der Waals surface area contributed by atoms with E-state index in [1.54, 1.807) is 18.7 Å². The predicted octanol–water partition coefficient (Wildman–Crippen LogP) is 2.94. The number of thioether (sulfide) groups is 1. The van der Waals surface area contributed by atoms with Crippen LogP contribution in [0, 0.1) is 0 Å². The minimum atomic E-state index is -0.503. The van der Waals surface area contributed by atoms with Crippen LogP contribution in [0.4, 0.5) is 0 Å². The average molecular weight is 264 g/mol. The maximum atomic E-state index is 9.49. The van der Waals surface area contributed by atoms with E-state index in [4.69, 9.17) is 4.52 Å². The van der Waals surface area contributed by atoms with Gasteiger partial charge in [-0.15, -0.1) is 11.8 Å². The molecule has 5 heteroatoms. The number of aliphatic hydroxyl groups is 1. The summed E-state index contributed by atoms with van der Waals surface area (Å²) in [6.07, 6.45) is 1.53. The summed E-state index contributed by atoms with van der Waals surface area (Å²) >= 11 is 1.69. The molecule has 0 amide bonds. The Morgan fingerprint density at radius 2 is 1.89 bits per heavy atom. The van der Waals surface area contributed by atoms with Gasteiger partial charge in [0.25, 0.3) is 0 Å². The normalized spacial score (nSPS) is 14.4. The Balaban J connectivity index is 2.23. The van der Waals surface area contributed by atoms with E-state index in [0.717, 1.165) is 5.56 Å². The number of hydrogen-bond acceptors (Lipinski definition) is 5. The Kier molecular flexibility index (Phi) is 4.04. The Morgan fingerprint density at radius 1 is 1.22 bits per heavy atom. The minimum absolute atomic E-state index is 0.156. The number of aromatic nitrogens is 2. The highest BCUT2D eigenvalue weighted by Gasteiger charge is 2.19. The van der Waals surface area contributed by atoms with Crippen molar-refractivity contribution in [1.29, 1.82) is 0 Å². The van der Waals surface area contributed by atoms with Crippen molar-refractivity contribution in [3.05, 3.63) is 30.2 Å². The summed E-state index contributed by atoms with van der Waals surface area (Å²) in [6, 6.07) is 7.98. The van der Waals surface area contributed by atoms with Crippen molar-refractivity contribution in [3.8, 4) is 11.4 Å². The van der Waals surface area contributed by atoms with Crippen molar-refractivity contribution >= 4 is 11.8 Å². The fraction of sp³-hybridized carbons (Fsp3) is 0.385. The SMILES string of the molecule is CSc1ccc(-c2noc(C(C)C(C)O)n2)cc1. The molecule has 2 unspecified atom stereocenters. The molecule has 2 rings (SSSR count). The van der Waals surface area contributed by atoms with E-state index in [1.165, 1.54) is 4.90 Å². The van der Waals surface area contributed by atoms with Gasteiger partial charge in [-0.3, -0.25) is 0 Å². The lowest BCUT2D eigenvalue weighted by Crippen LogP contribution is -2.11. The highest BCUT2D eigenvalue weighted by molar-refractivity contribution is 7.98. The molecule has 0 aliphatic heterocycles. The molecular weight excluding hydrogens is 248 g/mol. The van der Waals surface area contributed by atoms with Crippen molar-refractivity contribution in [3.63, 3.8) is 0 Å². The Morgan fingerprint density at radius 3 is 2.44 bits per heavy atom. The topological polar surface area (TPSA) is 59.2 Å². The van der Waals surface area contributed by atoms with Gasteiger partial charge in [0.15, 0.2) is 0 Å². The summed E-state index contributed by atoms with van der Waals surface area (Å²) in [7, 11) is 0. The van der Waals surface area contributed by atoms with Gasteiger partial charge in [-0.1, -0.05) is 12.1 Å². The molecule has 0 aliphatic rings. The molecular formula is C13H16N2O2S. The van der Waals surface area contributed by atoms with Gasteiger partial charge < -0.3 is 9.63 Å². The smallest absolute Gasteiger partial charge is 0.232 e. The number of aliphatic hydroxyl groups excluding tert-OH is 1. The summed E-state index contributed by atoms with van der Waals surface area (Å²) < 4.78 is 5.17. The van der Waals surface area contributed by atoms with Crippen molar-refractivity contribution in [1.82, 2.24) is 10.1 Å². The molecule has 2 atom stereocenters. The third-order valence-electron chi connectivity index (χ3n) is 2.90. The van der Waals surface area contributed by atoms with Crippen molar-refractivity contribution in [2.75, 3.05) is 6.26 Å². The zero-order valence-electron chi connectivity index (χ0n) is 10.6. The minimum Gasteiger partial charge on any atom is -0.393 e. The van der Waals surface area contributed by atoms with E-state index in [-0.39, 0.29) is 5.92 Å². The van der Waals surface area contributed by atoms with Crippen molar-refractivity contribution < 1.29 is 9.63 Å². The van der Waals surface area contributed by atoms with Crippen LogP contribution >= 0.6 is 11.8 Å². The zero-order valence-corrected chi connectivity index (χ0v) is 11.4. The summed E-state index contributed by atoms with van der Waals surface area (Å²) in [5.74, 6) is 0.871. The average Bonchev–Trinajstić information content (AvgIpc) is 2.87. The molecule has 1 aromatic heterocycles. The molecule has 18 heavy (non-hydrogen) atoms. The Hall–Kier alpha value is -1.33. The first-order valence-electron chi connectivity index (χ1n) is 5.78. The standard InChI is InChI=1S/C13H16N2O2S/c1-8(9(2)16)13-14-12(15-17-13)10-4-6-11(18-3)7-5-10/h4-9,16H,1-3H3. The highest BCUT2D eigenvalue weighted by Crippen LogP contribution is 2.23. The number of hydrogen-bond donors (Lipinski definition) is 1. The number of nitrogens with zero attached hydrogens (tertiary/aromatic N) is 2. The van der Waals surface area contributed by atoms with Crippen LogP contribution in [0.15, 0.2) is 33.7 Å². The van der Waals surface area contributed by atoms with Crippen LogP contribution in [-0.2, 0) is 0 Å². The van der Waals surface area contributed by atoms with E-state index in [2.05, 4.69) is 10.1 Å². The van der Waals surface area contributed by atoms with Gasteiger partial charge in [0, 0.05) is 10.5 Å². The van der Waals surface area contributed by atoms with E-state index in [1.807, 2.05) is 37.4 Å². The molecule has 0 bridgehead atoms. The van der Waals surface area contributed by atoms with Crippen molar-refractivity contribution in [2.24, 2.45) is 0 Å². The molecule has 0 spiro atoms. The Bertz CT molecular complexity index is 508. The number of benzene rings is 1. The first-order valence-corrected chi connectivity index (χ1v) is 7.00. The number of rotatable bonds is 4. The van der Waals surface area contributed by atoms with Crippen molar-refractivity contribution in [2.45, 2.75) is 30.8 Å². The lowest BCUT2D eigenvalue weighted by molar-refractivity contribution is 0.151. The fourth-order valence-corrected chi connectivity index (χ4v) is 1.89. The Labute approximate surface area is 110 Å². The fourth-order valence-electron chi connectivity index (χ4n) is 1.48. The summed E-state index contributed by atoms with van der Waals surface area (Å²) in [6.45, 7) is 3.57. The second-order valence-corrected chi connectivity index (χ2v) is 5.09. The molecule has 1 N–H and O–H groups in total. The maximum absolute atomic E-state index is 9.49. The maximum Gasteiger partial charge on any atom is 0.232 e. The van der Waals surface area contributed by atoms with Gasteiger partial charge in [-0.25, -0.2) is 0 Å². The van der Waals surface area contributed by atoms with Gasteiger partial charge in [0.2, 0.25) is 11.7 Å². The lowest BCUT2D eigenvalue weighted by Gasteiger charge is -2.07. The monoisotopic (exact) mass is 264 g/mol. The molecule has 0 radical (unpaired) electrons. The van der Waals surface area contributed by atoms with Crippen LogP contribution in [0.3, 0.4) is 0 Å². The molecule has 0 aliphatic carbocycles. The quantitative estimate of drug-likeness (QED) is 0.860. The van der Waals surface area contributed by atoms with E-state index < -0.39 is 6.10 Å². The van der Waals surface area contributed by atoms with Crippen LogP contribution in [-0.4, -0.2) is 27.6 Å². The predicted molar refractivity (Wildman–Crippen MR) is 71.6 cm³/mol. The van der Waals surface area contributed by atoms with E-state index >= 15 is 0 Å². The second-order valence-electron chi connectivity index (χ2n) is 4.21. The molecule has 1 aromatic carbocycles. The third-order valence-corrected chi connectivity index (χ3v) is 3.65. The molecule has 0 fully saturated rings. The molecule has 96 valence electrons. The summed E-state index contributed by atoms with van der Waals surface area (Å²) in [5.41, 5.74) is 0.917. The zero-order chi connectivity index (χ0) is 13.1. The molecule has 4 nitrogen and oxygen atoms in total. The van der Waals surface area contributed by atoms with Crippen LogP contribution < -0.4 is 0 Å². The summed E-state index contributed by atoms with van der Waals surface area (Å²) in [5, 5.41) is 13.4. The van der Waals surface area contributed by atoms with Crippen LogP contribution in [0.1, 0.15) is 25.7 Å². The molecule has 1 heterocycles. The third kappa shape index (κ3) is 2.73. The largest absolute Gasteiger partial charge is 0.393 e. The lowest BCUT2D eigenvalue weighted by atomic mass is 10.1. The molecule has 2 aromatic rings. The molecule has 0 saturated heterocycles. The summed E-state index contributed by atoms with van der Waals surface area (Å²) in [4.78, 5) is 5.51. The van der Waals surface area contributed by atoms with Crippen LogP contribution in [0.25, 0.3) is 11.4 Å². The van der Waals surface area contributed by atoms with Gasteiger partial charge in [-0.05, 0) is 37.4 Å². The molecule has 0 saturated carbocycles. The van der Waals surface area contributed by atoms with Gasteiger partial charge in [-0.2, -0.15) is 4.98 Å². The first-order chi connectivity index (χ1) is 8.61. The van der Waals surface area contributed by atoms with Gasteiger partial charge >= 0.3 is 0 Å². The van der Waals surface area contributed by atoms with Crippen LogP contribution in [0.5, 0.6) is 0 Å². The van der Waals surface area contributed by atoms with E-state index in [9.17, 15) is 5.11 Å². The van der Waals surface area contributed by atoms with E-state index in [0.29, 0.717) is 11.7 Å².